The van der Waals surface area contributed by atoms with Crippen LogP contribution in [0.25, 0.3) is 21.5 Å². The lowest BCUT2D eigenvalue weighted by Crippen LogP contribution is -1.85. The predicted octanol–water partition coefficient (Wildman–Crippen LogP) is 4.95. The van der Waals surface area contributed by atoms with Crippen molar-refractivity contribution < 1.29 is 4.42 Å². The Hall–Kier alpha value is -2.18. The van der Waals surface area contributed by atoms with Crippen molar-refractivity contribution in [2.75, 3.05) is 0 Å². The van der Waals surface area contributed by atoms with E-state index in [1.807, 2.05) is 17.5 Å². The van der Waals surface area contributed by atoms with Crippen molar-refractivity contribution in [3.63, 3.8) is 0 Å². The molecule has 0 unspecified atom stereocenters. The number of rotatable bonds is 4. The summed E-state index contributed by atoms with van der Waals surface area (Å²) < 4.78 is 5.85. The maximum atomic E-state index is 5.85. The Morgan fingerprint density at radius 2 is 1.96 bits per heavy atom. The number of thiophene rings is 1. The van der Waals surface area contributed by atoms with E-state index in [1.54, 1.807) is 35.6 Å². The van der Waals surface area contributed by atoms with Gasteiger partial charge in [-0.1, -0.05) is 41.6 Å². The highest BCUT2D eigenvalue weighted by atomic mass is 32.2. The second-order valence-corrected chi connectivity index (χ2v) is 6.95. The Labute approximate surface area is 141 Å². The molecular weight excluding hydrogens is 326 g/mol. The van der Waals surface area contributed by atoms with Gasteiger partial charge >= 0.3 is 0 Å². The lowest BCUT2D eigenvalue weighted by atomic mass is 10.1. The zero-order chi connectivity index (χ0) is 15.6. The third kappa shape index (κ3) is 3.00. The highest BCUT2D eigenvalue weighted by molar-refractivity contribution is 7.98. The lowest BCUT2D eigenvalue weighted by molar-refractivity contribution is 0.530. The van der Waals surface area contributed by atoms with Gasteiger partial charge in [0.1, 0.15) is 16.2 Å². The van der Waals surface area contributed by atoms with Crippen molar-refractivity contribution in [2.24, 2.45) is 0 Å². The molecule has 4 rings (SSSR count). The van der Waals surface area contributed by atoms with E-state index in [1.165, 1.54) is 5.56 Å². The van der Waals surface area contributed by atoms with Crippen LogP contribution in [0.5, 0.6) is 0 Å². The average molecular weight is 339 g/mol. The maximum absolute atomic E-state index is 5.85. The molecule has 0 N–H and O–H groups in total. The molecule has 0 saturated heterocycles. The normalized spacial score (nSPS) is 11.2. The van der Waals surface area contributed by atoms with Crippen LogP contribution >= 0.6 is 23.1 Å². The van der Waals surface area contributed by atoms with Crippen LogP contribution in [0.15, 0.2) is 57.7 Å². The highest BCUT2D eigenvalue weighted by Crippen LogP contribution is 2.30. The molecule has 3 heterocycles. The molecule has 114 valence electrons. The van der Waals surface area contributed by atoms with Crippen LogP contribution in [0.1, 0.15) is 11.5 Å². The number of fused-ring (bicyclic) bond motifs is 1. The number of aromatic nitrogens is 3. The summed E-state index contributed by atoms with van der Waals surface area (Å²) in [5, 5.41) is 4.09. The first kappa shape index (κ1) is 14.4. The van der Waals surface area contributed by atoms with Crippen molar-refractivity contribution in [1.29, 1.82) is 0 Å². The molecule has 1 aromatic carbocycles. The molecule has 3 aromatic heterocycles. The fourth-order valence-electron chi connectivity index (χ4n) is 2.24. The average Bonchev–Trinajstić information content (AvgIpc) is 3.23. The Morgan fingerprint density at radius 3 is 2.83 bits per heavy atom. The lowest BCUT2D eigenvalue weighted by Gasteiger charge is -2.00. The van der Waals surface area contributed by atoms with Crippen LogP contribution in [-0.4, -0.2) is 15.0 Å². The minimum Gasteiger partial charge on any atom is -0.440 e. The van der Waals surface area contributed by atoms with Gasteiger partial charge in [0.05, 0.1) is 11.9 Å². The summed E-state index contributed by atoms with van der Waals surface area (Å²) in [4.78, 5) is 14.0. The monoisotopic (exact) mass is 339 g/mol. The van der Waals surface area contributed by atoms with Crippen molar-refractivity contribution in [2.45, 2.75) is 17.7 Å². The van der Waals surface area contributed by atoms with Gasteiger partial charge in [0, 0.05) is 10.9 Å². The van der Waals surface area contributed by atoms with Gasteiger partial charge in [0.25, 0.3) is 0 Å². The zero-order valence-corrected chi connectivity index (χ0v) is 14.0. The summed E-state index contributed by atoms with van der Waals surface area (Å²) >= 11 is 3.24. The summed E-state index contributed by atoms with van der Waals surface area (Å²) in [7, 11) is 0. The fraction of sp³-hybridized carbons (Fsp3) is 0.118. The van der Waals surface area contributed by atoms with Crippen LogP contribution in [0, 0.1) is 6.92 Å². The summed E-state index contributed by atoms with van der Waals surface area (Å²) in [6.07, 6.45) is 3.38. The van der Waals surface area contributed by atoms with Crippen LogP contribution in [0.4, 0.5) is 0 Å². The zero-order valence-electron chi connectivity index (χ0n) is 12.4. The molecule has 0 atom stereocenters. The summed E-state index contributed by atoms with van der Waals surface area (Å²) in [6.45, 7) is 2.07. The van der Waals surface area contributed by atoms with Crippen molar-refractivity contribution in [3.05, 3.63) is 59.7 Å². The Kier molecular flexibility index (Phi) is 3.85. The van der Waals surface area contributed by atoms with Gasteiger partial charge in [-0.2, -0.15) is 0 Å². The van der Waals surface area contributed by atoms with E-state index in [-0.39, 0.29) is 0 Å². The van der Waals surface area contributed by atoms with Crippen molar-refractivity contribution >= 4 is 33.3 Å². The number of thioether (sulfide) groups is 1. The van der Waals surface area contributed by atoms with E-state index in [0.717, 1.165) is 26.6 Å². The standard InChI is InChI=1S/C17H13N3OS2/c1-11-2-4-12(5-3-11)14-8-18-15(21-14)9-23-17-13-6-7-22-16(13)19-10-20-17/h2-8,10H,9H2,1H3. The number of hydrogen-bond acceptors (Lipinski definition) is 6. The van der Waals surface area contributed by atoms with E-state index >= 15 is 0 Å². The number of nitrogens with zero attached hydrogens (tertiary/aromatic N) is 3. The Bertz CT molecular complexity index is 944. The second kappa shape index (κ2) is 6.14. The molecule has 0 aliphatic rings. The van der Waals surface area contributed by atoms with E-state index in [9.17, 15) is 0 Å². The first-order valence-electron chi connectivity index (χ1n) is 7.12. The molecular formula is C17H13N3OS2. The number of oxazole rings is 1. The van der Waals surface area contributed by atoms with Gasteiger partial charge in [0.2, 0.25) is 5.89 Å². The van der Waals surface area contributed by atoms with E-state index in [2.05, 4.69) is 40.1 Å². The smallest absolute Gasteiger partial charge is 0.205 e. The molecule has 0 aliphatic carbocycles. The van der Waals surface area contributed by atoms with E-state index < -0.39 is 0 Å². The van der Waals surface area contributed by atoms with Crippen LogP contribution in [-0.2, 0) is 5.75 Å². The largest absolute Gasteiger partial charge is 0.440 e. The minimum atomic E-state index is 0.647. The third-order valence-electron chi connectivity index (χ3n) is 3.45. The molecule has 6 heteroatoms. The fourth-order valence-corrected chi connectivity index (χ4v) is 3.87. The first-order chi connectivity index (χ1) is 11.3. The Morgan fingerprint density at radius 1 is 1.09 bits per heavy atom. The summed E-state index contributed by atoms with van der Waals surface area (Å²) in [6, 6.07) is 10.3. The molecule has 23 heavy (non-hydrogen) atoms. The Balaban J connectivity index is 1.52. The van der Waals surface area contributed by atoms with Gasteiger partial charge in [-0.15, -0.1) is 11.3 Å². The van der Waals surface area contributed by atoms with E-state index in [0.29, 0.717) is 11.6 Å². The highest BCUT2D eigenvalue weighted by Gasteiger charge is 2.10. The molecule has 0 radical (unpaired) electrons. The topological polar surface area (TPSA) is 51.8 Å². The number of aryl methyl sites for hydroxylation is 1. The quantitative estimate of drug-likeness (QED) is 0.389. The molecule has 0 aliphatic heterocycles. The van der Waals surface area contributed by atoms with Gasteiger partial charge in [-0.25, -0.2) is 15.0 Å². The third-order valence-corrected chi connectivity index (χ3v) is 5.26. The summed E-state index contributed by atoms with van der Waals surface area (Å²) in [5.41, 5.74) is 2.27. The predicted molar refractivity (Wildman–Crippen MR) is 93.7 cm³/mol. The first-order valence-corrected chi connectivity index (χ1v) is 8.99. The molecule has 0 saturated carbocycles. The van der Waals surface area contributed by atoms with Crippen molar-refractivity contribution in [3.8, 4) is 11.3 Å². The van der Waals surface area contributed by atoms with Gasteiger partial charge < -0.3 is 4.42 Å². The van der Waals surface area contributed by atoms with Gasteiger partial charge in [-0.3, -0.25) is 0 Å². The molecule has 0 fully saturated rings. The molecule has 0 spiro atoms. The molecule has 4 nitrogen and oxygen atoms in total. The van der Waals surface area contributed by atoms with E-state index in [4.69, 9.17) is 4.42 Å². The van der Waals surface area contributed by atoms with Crippen molar-refractivity contribution in [1.82, 2.24) is 15.0 Å². The SMILES string of the molecule is Cc1ccc(-c2cnc(CSc3ncnc4sccc34)o2)cc1. The number of benzene rings is 1. The second-order valence-electron chi connectivity index (χ2n) is 5.09. The van der Waals surface area contributed by atoms with Gasteiger partial charge in [0.15, 0.2) is 5.76 Å². The number of hydrogen-bond donors (Lipinski definition) is 0. The molecule has 0 bridgehead atoms. The van der Waals surface area contributed by atoms with Crippen LogP contribution in [0.3, 0.4) is 0 Å². The summed E-state index contributed by atoms with van der Waals surface area (Å²) in [5.74, 6) is 2.14. The van der Waals surface area contributed by atoms with Gasteiger partial charge in [-0.05, 0) is 18.4 Å². The minimum absolute atomic E-state index is 0.647. The maximum Gasteiger partial charge on any atom is 0.205 e. The molecule has 4 aromatic rings. The van der Waals surface area contributed by atoms with Crippen LogP contribution < -0.4 is 0 Å². The molecule has 0 amide bonds. The van der Waals surface area contributed by atoms with Crippen LogP contribution in [0.2, 0.25) is 0 Å².